The third kappa shape index (κ3) is 3.33. The summed E-state index contributed by atoms with van der Waals surface area (Å²) in [5, 5.41) is 26.5. The number of aliphatic hydroxyl groups is 2. The Hall–Kier alpha value is -4.02. The third-order valence-corrected chi connectivity index (χ3v) is 7.61. The molecule has 0 saturated carbocycles. The van der Waals surface area contributed by atoms with E-state index in [2.05, 4.69) is 30.5 Å². The van der Waals surface area contributed by atoms with E-state index in [-0.39, 0.29) is 18.0 Å². The number of hydrogen-bond donors (Lipinski definition) is 4. The number of imidazole rings is 1. The summed E-state index contributed by atoms with van der Waals surface area (Å²) >= 11 is 0. The predicted molar refractivity (Wildman–Crippen MR) is 133 cm³/mol. The van der Waals surface area contributed by atoms with Crippen LogP contribution >= 0.6 is 0 Å². The van der Waals surface area contributed by atoms with Crippen molar-refractivity contribution in [1.29, 1.82) is 0 Å². The minimum absolute atomic E-state index is 0.106. The minimum Gasteiger partial charge on any atom is -0.365 e. The lowest BCUT2D eigenvalue weighted by Gasteiger charge is -2.42. The maximum atomic E-state index is 12.8. The normalized spacial score (nSPS) is 22.1. The van der Waals surface area contributed by atoms with Gasteiger partial charge >= 0.3 is 0 Å². The zero-order chi connectivity index (χ0) is 24.4. The molecule has 3 aliphatic rings. The molecule has 3 aliphatic heterocycles. The molecule has 7 rings (SSSR count). The van der Waals surface area contributed by atoms with Crippen LogP contribution in [0.25, 0.3) is 16.9 Å². The highest BCUT2D eigenvalue weighted by atomic mass is 16.5. The molecule has 1 aromatic carbocycles. The van der Waals surface area contributed by atoms with Crippen LogP contribution in [0.4, 0.5) is 17.2 Å². The summed E-state index contributed by atoms with van der Waals surface area (Å²) < 4.78 is 1.96. The maximum absolute atomic E-state index is 12.8. The van der Waals surface area contributed by atoms with Gasteiger partial charge in [-0.1, -0.05) is 6.07 Å². The Bertz CT molecular complexity index is 1480. The number of hydrogen-bond acceptors (Lipinski definition) is 8. The molecule has 0 spiro atoms. The van der Waals surface area contributed by atoms with E-state index in [1.54, 1.807) is 18.6 Å². The summed E-state index contributed by atoms with van der Waals surface area (Å²) in [5.41, 5.74) is 5.79. The third-order valence-electron chi connectivity index (χ3n) is 7.61. The molecule has 1 amide bonds. The molecular formula is C26H25N7O3. The van der Waals surface area contributed by atoms with Gasteiger partial charge in [-0.25, -0.2) is 9.97 Å². The first kappa shape index (κ1) is 21.3. The molecule has 0 unspecified atom stereocenters. The van der Waals surface area contributed by atoms with Gasteiger partial charge in [0.05, 0.1) is 41.2 Å². The Morgan fingerprint density at radius 3 is 2.64 bits per heavy atom. The number of rotatable bonds is 4. The number of pyridine rings is 1. The first-order valence-electron chi connectivity index (χ1n) is 12.1. The molecule has 4 aromatic rings. The Labute approximate surface area is 206 Å². The molecule has 10 nitrogen and oxygen atoms in total. The number of amides is 1. The molecule has 0 aliphatic carbocycles. The summed E-state index contributed by atoms with van der Waals surface area (Å²) in [6.45, 7) is 0.443. The van der Waals surface area contributed by atoms with Crippen molar-refractivity contribution >= 4 is 28.7 Å². The second-order valence-corrected chi connectivity index (χ2v) is 9.85. The molecule has 2 bridgehead atoms. The van der Waals surface area contributed by atoms with Crippen LogP contribution < -0.4 is 15.5 Å². The van der Waals surface area contributed by atoms with E-state index in [1.165, 1.54) is 0 Å². The van der Waals surface area contributed by atoms with Gasteiger partial charge in [0, 0.05) is 49.4 Å². The lowest BCUT2D eigenvalue weighted by molar-refractivity contribution is -0.181. The molecule has 36 heavy (non-hydrogen) atoms. The Balaban J connectivity index is 1.18. The summed E-state index contributed by atoms with van der Waals surface area (Å²) in [6, 6.07) is 8.02. The van der Waals surface area contributed by atoms with Crippen LogP contribution in [0.5, 0.6) is 0 Å². The fourth-order valence-corrected chi connectivity index (χ4v) is 6.11. The van der Waals surface area contributed by atoms with E-state index in [0.29, 0.717) is 36.5 Å². The maximum Gasteiger partial charge on any atom is 0.254 e. The molecule has 2 saturated heterocycles. The number of aromatic nitrogens is 4. The molecule has 10 heteroatoms. The quantitative estimate of drug-likeness (QED) is 0.326. The van der Waals surface area contributed by atoms with Crippen molar-refractivity contribution in [2.24, 2.45) is 0 Å². The number of nitrogens with one attached hydrogen (secondary N) is 2. The van der Waals surface area contributed by atoms with Crippen molar-refractivity contribution in [2.75, 3.05) is 10.2 Å². The van der Waals surface area contributed by atoms with E-state index in [1.807, 2.05) is 41.1 Å². The predicted octanol–water partition coefficient (Wildman–Crippen LogP) is 2.59. The highest BCUT2D eigenvalue weighted by Gasteiger charge is 2.46. The van der Waals surface area contributed by atoms with Crippen molar-refractivity contribution < 1.29 is 15.0 Å². The summed E-state index contributed by atoms with van der Waals surface area (Å²) in [4.78, 5) is 28.3. The van der Waals surface area contributed by atoms with E-state index >= 15 is 0 Å². The van der Waals surface area contributed by atoms with E-state index < -0.39 is 5.79 Å². The van der Waals surface area contributed by atoms with Gasteiger partial charge in [0.25, 0.3) is 5.91 Å². The Morgan fingerprint density at radius 2 is 1.86 bits per heavy atom. The number of nitrogens with zero attached hydrogens (tertiary/aromatic N) is 5. The summed E-state index contributed by atoms with van der Waals surface area (Å²) in [6.07, 6.45) is 11.5. The number of carbonyl (C=O) groups excluding carboxylic acids is 1. The SMILES string of the molecule is O=C1NCc2c(-c3cnc4cnccn34)ccc(Nc3ccc(N4[C@@H]5CC[C@H]4CC(O)(O)C5)cn3)c21. The van der Waals surface area contributed by atoms with Crippen LogP contribution in [-0.2, 0) is 6.54 Å². The van der Waals surface area contributed by atoms with E-state index in [0.717, 1.165) is 41.0 Å². The average Bonchev–Trinajstić information content (AvgIpc) is 3.55. The van der Waals surface area contributed by atoms with Gasteiger partial charge < -0.3 is 25.7 Å². The first-order valence-corrected chi connectivity index (χ1v) is 12.1. The molecule has 6 heterocycles. The lowest BCUT2D eigenvalue weighted by atomic mass is 9.96. The van der Waals surface area contributed by atoms with Crippen molar-refractivity contribution in [3.05, 3.63) is 66.4 Å². The fraction of sp³-hybridized carbons (Fsp3) is 0.308. The molecular weight excluding hydrogens is 458 g/mol. The fourth-order valence-electron chi connectivity index (χ4n) is 6.11. The van der Waals surface area contributed by atoms with Crippen LogP contribution in [0.15, 0.2) is 55.2 Å². The largest absolute Gasteiger partial charge is 0.365 e. The molecule has 2 fully saturated rings. The molecule has 4 N–H and O–H groups in total. The van der Waals surface area contributed by atoms with Gasteiger partial charge in [0.15, 0.2) is 11.4 Å². The molecule has 182 valence electrons. The van der Waals surface area contributed by atoms with Crippen LogP contribution in [0.3, 0.4) is 0 Å². The summed E-state index contributed by atoms with van der Waals surface area (Å²) in [5.74, 6) is -1.06. The van der Waals surface area contributed by atoms with Crippen LogP contribution in [0.1, 0.15) is 41.6 Å². The van der Waals surface area contributed by atoms with Gasteiger partial charge in [-0.2, -0.15) is 0 Å². The van der Waals surface area contributed by atoms with Crippen molar-refractivity contribution in [1.82, 2.24) is 24.7 Å². The second-order valence-electron chi connectivity index (χ2n) is 9.85. The van der Waals surface area contributed by atoms with Crippen molar-refractivity contribution in [3.8, 4) is 11.3 Å². The standard InChI is InChI=1S/C26H25N7O3/c34-25-24-19(12-30-25)18(21-13-29-23-14-27-7-8-32(21)23)4-5-20(24)31-22-6-3-17(11-28-22)33-15-1-2-16(33)10-26(35,36)9-15/h3-8,11,13-16,35-36H,1-2,9-10,12H2,(H,28,31)(H,30,34)/t15-,16+. The van der Waals surface area contributed by atoms with Crippen LogP contribution in [-0.4, -0.2) is 53.3 Å². The zero-order valence-electron chi connectivity index (χ0n) is 19.4. The first-order chi connectivity index (χ1) is 17.5. The monoisotopic (exact) mass is 483 g/mol. The zero-order valence-corrected chi connectivity index (χ0v) is 19.4. The van der Waals surface area contributed by atoms with Crippen molar-refractivity contribution in [3.63, 3.8) is 0 Å². The van der Waals surface area contributed by atoms with Gasteiger partial charge in [-0.3, -0.25) is 14.2 Å². The topological polar surface area (TPSA) is 128 Å². The number of anilines is 3. The lowest BCUT2D eigenvalue weighted by Crippen LogP contribution is -2.51. The number of benzene rings is 1. The van der Waals surface area contributed by atoms with Crippen molar-refractivity contribution in [2.45, 2.75) is 50.1 Å². The summed E-state index contributed by atoms with van der Waals surface area (Å²) in [7, 11) is 0. The van der Waals surface area contributed by atoms with Crippen LogP contribution in [0.2, 0.25) is 0 Å². The number of fused-ring (bicyclic) bond motifs is 4. The van der Waals surface area contributed by atoms with Gasteiger partial charge in [-0.05, 0) is 36.6 Å². The molecule has 0 radical (unpaired) electrons. The van der Waals surface area contributed by atoms with E-state index in [9.17, 15) is 15.0 Å². The van der Waals surface area contributed by atoms with Gasteiger partial charge in [-0.15, -0.1) is 0 Å². The Kier molecular flexibility index (Phi) is 4.57. The number of piperidine rings is 1. The highest BCUT2D eigenvalue weighted by molar-refractivity contribution is 6.06. The van der Waals surface area contributed by atoms with Gasteiger partial charge in [0.1, 0.15) is 5.82 Å². The second kappa shape index (κ2) is 7.74. The molecule has 2 atom stereocenters. The van der Waals surface area contributed by atoms with Gasteiger partial charge in [0.2, 0.25) is 0 Å². The highest BCUT2D eigenvalue weighted by Crippen LogP contribution is 2.42. The van der Waals surface area contributed by atoms with Crippen LogP contribution in [0, 0.1) is 0 Å². The smallest absolute Gasteiger partial charge is 0.254 e. The number of carbonyl (C=O) groups is 1. The Morgan fingerprint density at radius 1 is 1.03 bits per heavy atom. The minimum atomic E-state index is -1.58. The van der Waals surface area contributed by atoms with E-state index in [4.69, 9.17) is 0 Å². The molecule has 3 aromatic heterocycles. The average molecular weight is 484 g/mol.